The molecule has 0 saturated carbocycles. The molecule has 0 aliphatic heterocycles. The second kappa shape index (κ2) is 6.79. The van der Waals surface area contributed by atoms with Gasteiger partial charge in [0.2, 0.25) is 0 Å². The summed E-state index contributed by atoms with van der Waals surface area (Å²) in [7, 11) is 0. The smallest absolute Gasteiger partial charge is 0.161 e. The molecule has 15 heavy (non-hydrogen) atoms. The standard InChI is InChI=1S/C9H19N5S/c1-8(2)15-7-9-11-12-13-14(9)6-4-3-5-10/h8H,3-7,10H2,1-2H3. The zero-order chi connectivity index (χ0) is 11.1. The first-order chi connectivity index (χ1) is 7.24. The van der Waals surface area contributed by atoms with Gasteiger partial charge in [0.05, 0.1) is 5.75 Å². The van der Waals surface area contributed by atoms with Crippen LogP contribution in [0.4, 0.5) is 0 Å². The first kappa shape index (κ1) is 12.4. The van der Waals surface area contributed by atoms with Crippen LogP contribution in [0.15, 0.2) is 0 Å². The monoisotopic (exact) mass is 229 g/mol. The van der Waals surface area contributed by atoms with Gasteiger partial charge in [0.15, 0.2) is 5.82 Å². The van der Waals surface area contributed by atoms with Crippen molar-refractivity contribution in [2.75, 3.05) is 6.54 Å². The zero-order valence-electron chi connectivity index (χ0n) is 9.39. The van der Waals surface area contributed by atoms with Gasteiger partial charge in [-0.1, -0.05) is 13.8 Å². The molecule has 0 aliphatic rings. The van der Waals surface area contributed by atoms with Crippen LogP contribution in [0.2, 0.25) is 0 Å². The van der Waals surface area contributed by atoms with E-state index in [4.69, 9.17) is 5.73 Å². The van der Waals surface area contributed by atoms with E-state index in [2.05, 4.69) is 29.4 Å². The number of nitrogens with zero attached hydrogens (tertiary/aromatic N) is 4. The zero-order valence-corrected chi connectivity index (χ0v) is 10.2. The summed E-state index contributed by atoms with van der Waals surface area (Å²) in [5.74, 6) is 1.85. The molecule has 6 heteroatoms. The lowest BCUT2D eigenvalue weighted by Crippen LogP contribution is -2.08. The fourth-order valence-electron chi connectivity index (χ4n) is 1.15. The molecule has 0 radical (unpaired) electrons. The van der Waals surface area contributed by atoms with Crippen LogP contribution in [0.5, 0.6) is 0 Å². The largest absolute Gasteiger partial charge is 0.330 e. The van der Waals surface area contributed by atoms with E-state index in [0.29, 0.717) is 5.25 Å². The molecule has 86 valence electrons. The highest BCUT2D eigenvalue weighted by atomic mass is 32.2. The van der Waals surface area contributed by atoms with Crippen LogP contribution in [0.1, 0.15) is 32.5 Å². The van der Waals surface area contributed by atoms with Crippen molar-refractivity contribution in [2.24, 2.45) is 5.73 Å². The summed E-state index contributed by atoms with van der Waals surface area (Å²) in [4.78, 5) is 0. The molecular formula is C9H19N5S. The number of hydrogen-bond donors (Lipinski definition) is 1. The second-order valence-corrected chi connectivity index (χ2v) is 5.24. The van der Waals surface area contributed by atoms with Crippen molar-refractivity contribution in [3.63, 3.8) is 0 Å². The molecule has 1 rings (SSSR count). The van der Waals surface area contributed by atoms with Crippen LogP contribution in [0, 0.1) is 0 Å². The van der Waals surface area contributed by atoms with Gasteiger partial charge in [-0.3, -0.25) is 0 Å². The summed E-state index contributed by atoms with van der Waals surface area (Å²) in [5.41, 5.74) is 5.44. The number of aromatic nitrogens is 4. The Morgan fingerprint density at radius 2 is 2.20 bits per heavy atom. The molecule has 1 aromatic rings. The van der Waals surface area contributed by atoms with E-state index in [9.17, 15) is 0 Å². The van der Waals surface area contributed by atoms with Gasteiger partial charge in [0.1, 0.15) is 0 Å². The van der Waals surface area contributed by atoms with Crippen molar-refractivity contribution in [1.82, 2.24) is 20.2 Å². The molecule has 1 aromatic heterocycles. The Morgan fingerprint density at radius 1 is 1.40 bits per heavy atom. The summed E-state index contributed by atoms with van der Waals surface area (Å²) in [6, 6.07) is 0. The average molecular weight is 229 g/mol. The summed E-state index contributed by atoms with van der Waals surface area (Å²) < 4.78 is 1.88. The number of thioether (sulfide) groups is 1. The topological polar surface area (TPSA) is 69.6 Å². The van der Waals surface area contributed by atoms with Gasteiger partial charge in [0, 0.05) is 6.54 Å². The third-order valence-corrected chi connectivity index (χ3v) is 3.07. The van der Waals surface area contributed by atoms with Crippen LogP contribution in [-0.2, 0) is 12.3 Å². The van der Waals surface area contributed by atoms with Crippen molar-refractivity contribution >= 4 is 11.8 Å². The molecule has 0 aromatic carbocycles. The second-order valence-electron chi connectivity index (χ2n) is 3.67. The van der Waals surface area contributed by atoms with Gasteiger partial charge in [-0.25, -0.2) is 4.68 Å². The molecule has 0 amide bonds. The first-order valence-corrected chi connectivity index (χ1v) is 6.35. The number of nitrogens with two attached hydrogens (primary N) is 1. The van der Waals surface area contributed by atoms with E-state index in [1.807, 2.05) is 16.4 Å². The van der Waals surface area contributed by atoms with Crippen molar-refractivity contribution in [3.8, 4) is 0 Å². The maximum Gasteiger partial charge on any atom is 0.161 e. The maximum absolute atomic E-state index is 5.44. The molecule has 0 saturated heterocycles. The summed E-state index contributed by atoms with van der Waals surface area (Å²) >= 11 is 1.85. The Balaban J connectivity index is 2.39. The lowest BCUT2D eigenvalue weighted by molar-refractivity contribution is 0.532. The van der Waals surface area contributed by atoms with Crippen LogP contribution in [0.25, 0.3) is 0 Å². The molecule has 0 unspecified atom stereocenters. The molecule has 2 N–H and O–H groups in total. The van der Waals surface area contributed by atoms with Crippen LogP contribution in [-0.4, -0.2) is 32.0 Å². The van der Waals surface area contributed by atoms with E-state index >= 15 is 0 Å². The highest BCUT2D eigenvalue weighted by molar-refractivity contribution is 7.99. The van der Waals surface area contributed by atoms with Gasteiger partial charge < -0.3 is 5.73 Å². The average Bonchev–Trinajstić information content (AvgIpc) is 2.63. The van der Waals surface area contributed by atoms with Gasteiger partial charge >= 0.3 is 0 Å². The molecule has 0 aliphatic carbocycles. The minimum absolute atomic E-state index is 0.610. The predicted octanol–water partition coefficient (Wildman–Crippen LogP) is 1.05. The van der Waals surface area contributed by atoms with E-state index in [0.717, 1.165) is 37.5 Å². The molecule has 1 heterocycles. The maximum atomic E-state index is 5.44. The fraction of sp³-hybridized carbons (Fsp3) is 0.889. The summed E-state index contributed by atoms with van der Waals surface area (Å²) in [6.07, 6.45) is 2.07. The minimum Gasteiger partial charge on any atom is -0.330 e. The van der Waals surface area contributed by atoms with Gasteiger partial charge in [-0.05, 0) is 35.1 Å². The number of rotatable bonds is 7. The quantitative estimate of drug-likeness (QED) is 0.708. The Labute approximate surface area is 94.8 Å². The normalized spacial score (nSPS) is 11.2. The Morgan fingerprint density at radius 3 is 2.87 bits per heavy atom. The molecular weight excluding hydrogens is 210 g/mol. The van der Waals surface area contributed by atoms with Crippen LogP contribution >= 0.6 is 11.8 Å². The number of aryl methyl sites for hydroxylation is 1. The Hall–Kier alpha value is -0.620. The van der Waals surface area contributed by atoms with E-state index in [1.165, 1.54) is 0 Å². The fourth-order valence-corrected chi connectivity index (χ4v) is 1.84. The lowest BCUT2D eigenvalue weighted by Gasteiger charge is -2.05. The number of tetrazole rings is 1. The highest BCUT2D eigenvalue weighted by Gasteiger charge is 2.06. The van der Waals surface area contributed by atoms with Crippen LogP contribution in [0.3, 0.4) is 0 Å². The van der Waals surface area contributed by atoms with Crippen molar-refractivity contribution in [2.45, 2.75) is 44.2 Å². The summed E-state index contributed by atoms with van der Waals surface area (Å²) in [6.45, 7) is 5.96. The molecule has 0 bridgehead atoms. The third kappa shape index (κ3) is 4.61. The predicted molar refractivity (Wildman–Crippen MR) is 62.5 cm³/mol. The van der Waals surface area contributed by atoms with Gasteiger partial charge in [-0.2, -0.15) is 11.8 Å². The first-order valence-electron chi connectivity index (χ1n) is 5.30. The van der Waals surface area contributed by atoms with Gasteiger partial charge in [0.25, 0.3) is 0 Å². The minimum atomic E-state index is 0.610. The third-order valence-electron chi connectivity index (χ3n) is 1.98. The SMILES string of the molecule is CC(C)SCc1nnnn1CCCCN. The lowest BCUT2D eigenvalue weighted by atomic mass is 10.3. The van der Waals surface area contributed by atoms with Crippen LogP contribution < -0.4 is 5.73 Å². The molecule has 0 atom stereocenters. The molecule has 0 fully saturated rings. The highest BCUT2D eigenvalue weighted by Crippen LogP contribution is 2.14. The molecule has 5 nitrogen and oxygen atoms in total. The van der Waals surface area contributed by atoms with Crippen molar-refractivity contribution in [1.29, 1.82) is 0 Å². The van der Waals surface area contributed by atoms with Crippen molar-refractivity contribution in [3.05, 3.63) is 5.82 Å². The van der Waals surface area contributed by atoms with Crippen molar-refractivity contribution < 1.29 is 0 Å². The Kier molecular flexibility index (Phi) is 5.63. The number of unbranched alkanes of at least 4 members (excludes halogenated alkanes) is 1. The van der Waals surface area contributed by atoms with E-state index < -0.39 is 0 Å². The van der Waals surface area contributed by atoms with E-state index in [-0.39, 0.29) is 0 Å². The Bertz CT molecular complexity index is 273. The molecule has 0 spiro atoms. The number of hydrogen-bond acceptors (Lipinski definition) is 5. The van der Waals surface area contributed by atoms with E-state index in [1.54, 1.807) is 0 Å². The van der Waals surface area contributed by atoms with Gasteiger partial charge in [-0.15, -0.1) is 5.10 Å². The summed E-state index contributed by atoms with van der Waals surface area (Å²) in [5, 5.41) is 12.3.